The highest BCUT2D eigenvalue weighted by Gasteiger charge is 2.06. The third kappa shape index (κ3) is 2.67. The molecule has 90 valence electrons. The van der Waals surface area contributed by atoms with Crippen LogP contribution in [0.15, 0.2) is 42.7 Å². The monoisotopic (exact) mass is 237 g/mol. The van der Waals surface area contributed by atoms with Gasteiger partial charge in [-0.1, -0.05) is 0 Å². The molecule has 0 amide bonds. The van der Waals surface area contributed by atoms with Gasteiger partial charge in [-0.05, 0) is 55.3 Å². The molecule has 1 atom stereocenters. The lowest BCUT2D eigenvalue weighted by atomic mass is 10.1. The number of aromatic nitrogens is 1. The highest BCUT2D eigenvalue weighted by molar-refractivity contribution is 5.55. The molecule has 3 heteroatoms. The summed E-state index contributed by atoms with van der Waals surface area (Å²) in [7, 11) is 0. The molecule has 0 bridgehead atoms. The largest absolute Gasteiger partial charge is 0.378 e. The molecule has 18 heavy (non-hydrogen) atoms. The fourth-order valence-electron chi connectivity index (χ4n) is 1.86. The van der Waals surface area contributed by atoms with Crippen LogP contribution in [0.1, 0.15) is 29.7 Å². The van der Waals surface area contributed by atoms with Crippen LogP contribution in [0.2, 0.25) is 0 Å². The first-order chi connectivity index (χ1) is 8.70. The zero-order valence-corrected chi connectivity index (χ0v) is 10.5. The first kappa shape index (κ1) is 12.1. The van der Waals surface area contributed by atoms with Crippen LogP contribution < -0.4 is 5.32 Å². The van der Waals surface area contributed by atoms with Gasteiger partial charge in [0.1, 0.15) is 0 Å². The van der Waals surface area contributed by atoms with Crippen molar-refractivity contribution in [2.24, 2.45) is 0 Å². The van der Waals surface area contributed by atoms with E-state index in [0.717, 1.165) is 11.3 Å². The van der Waals surface area contributed by atoms with Crippen LogP contribution in [-0.2, 0) is 0 Å². The van der Waals surface area contributed by atoms with Gasteiger partial charge >= 0.3 is 0 Å². The van der Waals surface area contributed by atoms with E-state index in [1.54, 1.807) is 12.4 Å². The Bertz CT molecular complexity index is 570. The van der Waals surface area contributed by atoms with Crippen LogP contribution in [0.3, 0.4) is 0 Å². The predicted octanol–water partition coefficient (Wildman–Crippen LogP) is 3.43. The van der Waals surface area contributed by atoms with E-state index in [4.69, 9.17) is 5.26 Å². The summed E-state index contributed by atoms with van der Waals surface area (Å²) in [6.45, 7) is 4.11. The van der Waals surface area contributed by atoms with Crippen molar-refractivity contribution in [3.05, 3.63) is 59.4 Å². The van der Waals surface area contributed by atoms with Crippen molar-refractivity contribution in [2.45, 2.75) is 19.9 Å². The maximum Gasteiger partial charge on any atom is 0.0991 e. The summed E-state index contributed by atoms with van der Waals surface area (Å²) in [5, 5.41) is 12.3. The smallest absolute Gasteiger partial charge is 0.0991 e. The normalized spacial score (nSPS) is 11.6. The Balaban J connectivity index is 2.18. The minimum absolute atomic E-state index is 0.208. The molecule has 1 aromatic carbocycles. The molecule has 1 N–H and O–H groups in total. The van der Waals surface area contributed by atoms with E-state index in [1.807, 2.05) is 37.3 Å². The molecule has 2 rings (SSSR count). The summed E-state index contributed by atoms with van der Waals surface area (Å²) in [5.74, 6) is 0. The van der Waals surface area contributed by atoms with Crippen molar-refractivity contribution in [3.8, 4) is 6.07 Å². The Morgan fingerprint density at radius 2 is 1.94 bits per heavy atom. The zero-order chi connectivity index (χ0) is 13.0. The van der Waals surface area contributed by atoms with Gasteiger partial charge in [0.15, 0.2) is 0 Å². The van der Waals surface area contributed by atoms with Gasteiger partial charge in [-0.15, -0.1) is 0 Å². The third-order valence-electron chi connectivity index (χ3n) is 2.93. The third-order valence-corrected chi connectivity index (χ3v) is 2.93. The quantitative estimate of drug-likeness (QED) is 0.889. The maximum atomic E-state index is 8.84. The Hall–Kier alpha value is -2.34. The number of anilines is 1. The zero-order valence-electron chi connectivity index (χ0n) is 10.5. The number of hydrogen-bond donors (Lipinski definition) is 1. The molecule has 0 aliphatic heterocycles. The number of nitrogens with one attached hydrogen (secondary N) is 1. The average molecular weight is 237 g/mol. The summed E-state index contributed by atoms with van der Waals surface area (Å²) in [4.78, 5) is 4.01. The molecule has 0 radical (unpaired) electrons. The highest BCUT2D eigenvalue weighted by Crippen LogP contribution is 2.22. The molecule has 0 aliphatic carbocycles. The number of aryl methyl sites for hydroxylation is 1. The SMILES string of the molecule is Cc1cc(C#N)ccc1NC(C)c1ccncc1. The van der Waals surface area contributed by atoms with Gasteiger partial charge in [0.05, 0.1) is 11.6 Å². The molecule has 3 nitrogen and oxygen atoms in total. The van der Waals surface area contributed by atoms with Crippen molar-refractivity contribution in [1.29, 1.82) is 5.26 Å². The molecule has 0 aliphatic rings. The Labute approximate surface area is 107 Å². The number of nitrogens with zero attached hydrogens (tertiary/aromatic N) is 2. The van der Waals surface area contributed by atoms with E-state index in [2.05, 4.69) is 23.3 Å². The first-order valence-corrected chi connectivity index (χ1v) is 5.88. The minimum atomic E-state index is 0.208. The minimum Gasteiger partial charge on any atom is -0.378 e. The second-order valence-corrected chi connectivity index (χ2v) is 4.29. The predicted molar refractivity (Wildman–Crippen MR) is 72.2 cm³/mol. The molecule has 0 saturated carbocycles. The second-order valence-electron chi connectivity index (χ2n) is 4.29. The van der Waals surface area contributed by atoms with Crippen molar-refractivity contribution in [3.63, 3.8) is 0 Å². The fraction of sp³-hybridized carbons (Fsp3) is 0.200. The van der Waals surface area contributed by atoms with E-state index in [9.17, 15) is 0 Å². The fourth-order valence-corrected chi connectivity index (χ4v) is 1.86. The number of pyridine rings is 1. The molecular formula is C15H15N3. The van der Waals surface area contributed by atoms with E-state index in [1.165, 1.54) is 5.56 Å². The topological polar surface area (TPSA) is 48.7 Å². The van der Waals surface area contributed by atoms with E-state index < -0.39 is 0 Å². The summed E-state index contributed by atoms with van der Waals surface area (Å²) in [6.07, 6.45) is 3.58. The van der Waals surface area contributed by atoms with Gasteiger partial charge in [0, 0.05) is 24.1 Å². The molecule has 0 saturated heterocycles. The lowest BCUT2D eigenvalue weighted by molar-refractivity contribution is 0.878. The molecule has 1 heterocycles. The van der Waals surface area contributed by atoms with E-state index in [0.29, 0.717) is 5.56 Å². The highest BCUT2D eigenvalue weighted by atomic mass is 14.9. The summed E-state index contributed by atoms with van der Waals surface area (Å²) >= 11 is 0. The van der Waals surface area contributed by atoms with Crippen molar-refractivity contribution in [2.75, 3.05) is 5.32 Å². The molecule has 1 aromatic heterocycles. The Kier molecular flexibility index (Phi) is 3.59. The van der Waals surface area contributed by atoms with E-state index in [-0.39, 0.29) is 6.04 Å². The lowest BCUT2D eigenvalue weighted by Gasteiger charge is -2.17. The molecular weight excluding hydrogens is 222 g/mol. The number of benzene rings is 1. The molecule has 0 spiro atoms. The van der Waals surface area contributed by atoms with Crippen LogP contribution in [0.5, 0.6) is 0 Å². The van der Waals surface area contributed by atoms with Gasteiger partial charge in [-0.25, -0.2) is 0 Å². The lowest BCUT2D eigenvalue weighted by Crippen LogP contribution is -2.07. The molecule has 1 unspecified atom stereocenters. The van der Waals surface area contributed by atoms with Crippen molar-refractivity contribution in [1.82, 2.24) is 4.98 Å². The van der Waals surface area contributed by atoms with Gasteiger partial charge in [-0.2, -0.15) is 5.26 Å². The summed E-state index contributed by atoms with van der Waals surface area (Å²) in [5.41, 5.74) is 4.01. The number of nitriles is 1. The summed E-state index contributed by atoms with van der Waals surface area (Å²) < 4.78 is 0. The average Bonchev–Trinajstić information content (AvgIpc) is 2.42. The van der Waals surface area contributed by atoms with Crippen molar-refractivity contribution < 1.29 is 0 Å². The van der Waals surface area contributed by atoms with Gasteiger partial charge in [0.2, 0.25) is 0 Å². The Morgan fingerprint density at radius 3 is 2.56 bits per heavy atom. The molecule has 2 aromatic rings. The second kappa shape index (κ2) is 5.33. The van der Waals surface area contributed by atoms with Crippen LogP contribution in [0.4, 0.5) is 5.69 Å². The van der Waals surface area contributed by atoms with Gasteiger partial charge < -0.3 is 5.32 Å². The van der Waals surface area contributed by atoms with E-state index >= 15 is 0 Å². The van der Waals surface area contributed by atoms with Crippen LogP contribution in [-0.4, -0.2) is 4.98 Å². The van der Waals surface area contributed by atoms with Crippen molar-refractivity contribution >= 4 is 5.69 Å². The Morgan fingerprint density at radius 1 is 1.22 bits per heavy atom. The number of rotatable bonds is 3. The first-order valence-electron chi connectivity index (χ1n) is 5.88. The molecule has 0 fully saturated rings. The van der Waals surface area contributed by atoms with Gasteiger partial charge in [0.25, 0.3) is 0 Å². The standard InChI is InChI=1S/C15H15N3/c1-11-9-13(10-16)3-4-15(11)18-12(2)14-5-7-17-8-6-14/h3-9,12,18H,1-2H3. The maximum absolute atomic E-state index is 8.84. The van der Waals surface area contributed by atoms with Gasteiger partial charge in [-0.3, -0.25) is 4.98 Å². The summed E-state index contributed by atoms with van der Waals surface area (Å²) in [6, 6.07) is 12.0. The van der Waals surface area contributed by atoms with Crippen LogP contribution >= 0.6 is 0 Å². The van der Waals surface area contributed by atoms with Crippen LogP contribution in [0, 0.1) is 18.3 Å². The number of hydrogen-bond acceptors (Lipinski definition) is 3. The van der Waals surface area contributed by atoms with Crippen LogP contribution in [0.25, 0.3) is 0 Å².